The molecule has 1 aliphatic carbocycles. The number of benzene rings is 4. The first-order valence-electron chi connectivity index (χ1n) is 14.5. The van der Waals surface area contributed by atoms with Gasteiger partial charge in [-0.25, -0.2) is 0 Å². The summed E-state index contributed by atoms with van der Waals surface area (Å²) in [7, 11) is 0. The van der Waals surface area contributed by atoms with Crippen molar-refractivity contribution in [3.8, 4) is 22.6 Å². The summed E-state index contributed by atoms with van der Waals surface area (Å²) >= 11 is 0. The van der Waals surface area contributed by atoms with Gasteiger partial charge in [-0.15, -0.1) is 0 Å². The summed E-state index contributed by atoms with van der Waals surface area (Å²) in [6.07, 6.45) is 0. The van der Waals surface area contributed by atoms with Gasteiger partial charge in [0.05, 0.1) is 29.8 Å². The van der Waals surface area contributed by atoms with Crippen molar-refractivity contribution in [2.24, 2.45) is 0 Å². The summed E-state index contributed by atoms with van der Waals surface area (Å²) in [5.41, 5.74) is 6.66. The predicted octanol–water partition coefficient (Wildman–Crippen LogP) is 8.44. The highest BCUT2D eigenvalue weighted by atomic mass is 16.5. The van der Waals surface area contributed by atoms with Gasteiger partial charge in [-0.05, 0) is 99.2 Å². The molecular weight excluding hydrogens is 508 g/mol. The van der Waals surface area contributed by atoms with E-state index in [4.69, 9.17) is 18.9 Å². The van der Waals surface area contributed by atoms with Gasteiger partial charge in [-0.2, -0.15) is 0 Å². The monoisotopic (exact) mass is 550 g/mol. The summed E-state index contributed by atoms with van der Waals surface area (Å²) in [5, 5.41) is 0. The maximum Gasteiger partial charge on any atom is 0.119 e. The van der Waals surface area contributed by atoms with E-state index in [0.717, 1.165) is 11.5 Å². The lowest BCUT2D eigenvalue weighted by molar-refractivity contribution is -0.0165. The molecule has 0 fully saturated rings. The standard InChI is InChI=1S/C37H42O4/c1-35(2,3)40-25-23-38-29-19-15-27(16-20-29)37(28-17-21-30(22-18-28)39-24-26-41-36(4,5)6)33-13-9-7-11-31(33)32-12-8-10-14-34(32)37/h7-22H,23-26H2,1-6H3. The molecule has 0 aromatic heterocycles. The Morgan fingerprint density at radius 2 is 0.829 bits per heavy atom. The molecule has 0 atom stereocenters. The summed E-state index contributed by atoms with van der Waals surface area (Å²) in [6.45, 7) is 14.4. The van der Waals surface area contributed by atoms with Crippen molar-refractivity contribution in [1.29, 1.82) is 0 Å². The molecule has 0 unspecified atom stereocenters. The molecular formula is C37H42O4. The largest absolute Gasteiger partial charge is 0.491 e. The first-order chi connectivity index (χ1) is 19.6. The molecule has 0 amide bonds. The van der Waals surface area contributed by atoms with E-state index in [0.29, 0.717) is 26.4 Å². The Labute approximate surface area is 245 Å². The van der Waals surface area contributed by atoms with Crippen molar-refractivity contribution < 1.29 is 18.9 Å². The Morgan fingerprint density at radius 1 is 0.463 bits per heavy atom. The number of ether oxygens (including phenoxy) is 4. The fourth-order valence-electron chi connectivity index (χ4n) is 5.64. The molecule has 0 spiro atoms. The van der Waals surface area contributed by atoms with E-state index >= 15 is 0 Å². The molecule has 0 saturated carbocycles. The molecule has 214 valence electrons. The highest BCUT2D eigenvalue weighted by Gasteiger charge is 2.45. The van der Waals surface area contributed by atoms with Crippen molar-refractivity contribution in [1.82, 2.24) is 0 Å². The molecule has 5 rings (SSSR count). The van der Waals surface area contributed by atoms with Crippen LogP contribution in [0.5, 0.6) is 11.5 Å². The smallest absolute Gasteiger partial charge is 0.119 e. The maximum absolute atomic E-state index is 6.03. The van der Waals surface area contributed by atoms with Gasteiger partial charge in [-0.3, -0.25) is 0 Å². The van der Waals surface area contributed by atoms with Crippen LogP contribution in [0.2, 0.25) is 0 Å². The number of hydrogen-bond acceptors (Lipinski definition) is 4. The van der Waals surface area contributed by atoms with Crippen molar-refractivity contribution in [3.63, 3.8) is 0 Å². The van der Waals surface area contributed by atoms with Crippen LogP contribution >= 0.6 is 0 Å². The molecule has 0 radical (unpaired) electrons. The first-order valence-corrected chi connectivity index (χ1v) is 14.5. The van der Waals surface area contributed by atoms with Crippen LogP contribution in [-0.4, -0.2) is 37.6 Å². The van der Waals surface area contributed by atoms with Gasteiger partial charge in [-0.1, -0.05) is 72.8 Å². The fourth-order valence-corrected chi connectivity index (χ4v) is 5.64. The van der Waals surface area contributed by atoms with E-state index in [9.17, 15) is 0 Å². The molecule has 4 aromatic carbocycles. The van der Waals surface area contributed by atoms with Crippen molar-refractivity contribution >= 4 is 0 Å². The fraction of sp³-hybridized carbons (Fsp3) is 0.351. The van der Waals surface area contributed by atoms with Crippen molar-refractivity contribution in [3.05, 3.63) is 119 Å². The van der Waals surface area contributed by atoms with Crippen molar-refractivity contribution in [2.45, 2.75) is 58.2 Å². The van der Waals surface area contributed by atoms with E-state index in [1.807, 2.05) is 0 Å². The lowest BCUT2D eigenvalue weighted by Gasteiger charge is -2.34. The molecule has 1 aliphatic rings. The third kappa shape index (κ3) is 6.34. The van der Waals surface area contributed by atoms with E-state index in [-0.39, 0.29) is 11.2 Å². The molecule has 4 heteroatoms. The molecule has 4 nitrogen and oxygen atoms in total. The Kier molecular flexibility index (Phi) is 8.26. The third-order valence-electron chi connectivity index (χ3n) is 7.30. The van der Waals surface area contributed by atoms with Crippen LogP contribution < -0.4 is 9.47 Å². The van der Waals surface area contributed by atoms with Crippen LogP contribution in [0.25, 0.3) is 11.1 Å². The number of hydrogen-bond donors (Lipinski definition) is 0. The Hall–Kier alpha value is -3.60. The van der Waals surface area contributed by atoms with Crippen LogP contribution in [0.1, 0.15) is 63.8 Å². The quantitative estimate of drug-likeness (QED) is 0.164. The Balaban J connectivity index is 1.48. The lowest BCUT2D eigenvalue weighted by Crippen LogP contribution is -2.28. The first kappa shape index (κ1) is 28.9. The molecule has 0 heterocycles. The van der Waals surface area contributed by atoms with Gasteiger partial charge in [0.2, 0.25) is 0 Å². The van der Waals surface area contributed by atoms with E-state index < -0.39 is 5.41 Å². The van der Waals surface area contributed by atoms with Gasteiger partial charge in [0.15, 0.2) is 0 Å². The SMILES string of the molecule is CC(C)(C)OCCOc1ccc(C2(c3ccc(OCCOC(C)(C)C)cc3)c3ccccc3-c3ccccc32)cc1. The highest BCUT2D eigenvalue weighted by molar-refractivity contribution is 5.86. The Morgan fingerprint density at radius 3 is 1.20 bits per heavy atom. The van der Waals surface area contributed by atoms with Crippen LogP contribution in [-0.2, 0) is 14.9 Å². The minimum Gasteiger partial charge on any atom is -0.491 e. The lowest BCUT2D eigenvalue weighted by atomic mass is 9.68. The van der Waals surface area contributed by atoms with Crippen LogP contribution in [0.15, 0.2) is 97.1 Å². The normalized spacial score (nSPS) is 13.9. The molecule has 0 aliphatic heterocycles. The Bertz CT molecular complexity index is 1330. The van der Waals surface area contributed by atoms with Crippen LogP contribution in [0.3, 0.4) is 0 Å². The van der Waals surface area contributed by atoms with Gasteiger partial charge in [0, 0.05) is 0 Å². The van der Waals surface area contributed by atoms with Gasteiger partial charge in [0.25, 0.3) is 0 Å². The van der Waals surface area contributed by atoms with Crippen LogP contribution in [0, 0.1) is 0 Å². The van der Waals surface area contributed by atoms with E-state index in [2.05, 4.69) is 139 Å². The third-order valence-corrected chi connectivity index (χ3v) is 7.30. The summed E-state index contributed by atoms with van der Waals surface area (Å²) in [5.74, 6) is 1.67. The topological polar surface area (TPSA) is 36.9 Å². The number of rotatable bonds is 10. The summed E-state index contributed by atoms with van der Waals surface area (Å²) in [6, 6.07) is 34.6. The highest BCUT2D eigenvalue weighted by Crippen LogP contribution is 2.56. The maximum atomic E-state index is 6.03. The zero-order valence-corrected chi connectivity index (χ0v) is 25.2. The van der Waals surface area contributed by atoms with Crippen molar-refractivity contribution in [2.75, 3.05) is 26.4 Å². The second-order valence-corrected chi connectivity index (χ2v) is 12.5. The van der Waals surface area contributed by atoms with E-state index in [1.54, 1.807) is 0 Å². The predicted molar refractivity (Wildman–Crippen MR) is 166 cm³/mol. The molecule has 41 heavy (non-hydrogen) atoms. The minimum absolute atomic E-state index is 0.177. The molecule has 0 bridgehead atoms. The summed E-state index contributed by atoms with van der Waals surface area (Å²) in [4.78, 5) is 0. The molecule has 0 N–H and O–H groups in total. The average Bonchev–Trinajstić information content (AvgIpc) is 3.24. The second kappa shape index (κ2) is 11.7. The molecule has 4 aromatic rings. The second-order valence-electron chi connectivity index (χ2n) is 12.5. The zero-order valence-electron chi connectivity index (χ0n) is 25.2. The van der Waals surface area contributed by atoms with Gasteiger partial charge in [0.1, 0.15) is 24.7 Å². The zero-order chi connectivity index (χ0) is 29.1. The summed E-state index contributed by atoms with van der Waals surface area (Å²) < 4.78 is 23.7. The minimum atomic E-state index is -0.463. The number of fused-ring (bicyclic) bond motifs is 3. The molecule has 0 saturated heterocycles. The van der Waals surface area contributed by atoms with Crippen LogP contribution in [0.4, 0.5) is 0 Å². The van der Waals surface area contributed by atoms with E-state index in [1.165, 1.54) is 33.4 Å². The average molecular weight is 551 g/mol. The van der Waals surface area contributed by atoms with Gasteiger partial charge < -0.3 is 18.9 Å². The van der Waals surface area contributed by atoms with Gasteiger partial charge >= 0.3 is 0 Å².